The fraction of sp³-hybridized carbons (Fsp3) is 0.231. The van der Waals surface area contributed by atoms with Crippen molar-refractivity contribution >= 4 is 16.8 Å². The minimum atomic E-state index is -0.490. The Balaban J connectivity index is 2.32. The number of aromatic amines is 1. The van der Waals surface area contributed by atoms with Crippen molar-refractivity contribution in [3.63, 3.8) is 0 Å². The summed E-state index contributed by atoms with van der Waals surface area (Å²) < 4.78 is 6.76. The number of nitrogens with two attached hydrogens (primary N) is 1. The molecule has 3 rings (SSSR count). The smallest absolute Gasteiger partial charge is 0.408 e. The van der Waals surface area contributed by atoms with Crippen molar-refractivity contribution in [2.24, 2.45) is 0 Å². The zero-order valence-corrected chi connectivity index (χ0v) is 10.9. The molecule has 0 saturated carbocycles. The van der Waals surface area contributed by atoms with Crippen LogP contribution in [0.1, 0.15) is 17.0 Å². The molecule has 0 atom stereocenters. The highest BCUT2D eigenvalue weighted by Gasteiger charge is 2.13. The van der Waals surface area contributed by atoms with Gasteiger partial charge in [0.05, 0.1) is 22.6 Å². The molecule has 3 N–H and O–H groups in total. The van der Waals surface area contributed by atoms with E-state index in [0.29, 0.717) is 16.8 Å². The maximum Gasteiger partial charge on any atom is 0.417 e. The molecule has 1 aromatic carbocycles. The molecule has 0 bridgehead atoms. The number of benzene rings is 1. The van der Waals surface area contributed by atoms with Gasteiger partial charge in [-0.05, 0) is 32.4 Å². The van der Waals surface area contributed by atoms with Gasteiger partial charge in [0.2, 0.25) is 0 Å². The van der Waals surface area contributed by atoms with Gasteiger partial charge in [-0.25, -0.2) is 9.48 Å². The lowest BCUT2D eigenvalue weighted by Gasteiger charge is -2.07. The van der Waals surface area contributed by atoms with Gasteiger partial charge in [0, 0.05) is 11.8 Å². The van der Waals surface area contributed by atoms with Crippen molar-refractivity contribution in [2.45, 2.75) is 20.8 Å². The Hall–Kier alpha value is -2.50. The van der Waals surface area contributed by atoms with Crippen molar-refractivity contribution in [2.75, 3.05) is 5.73 Å². The number of nitrogen functional groups attached to an aromatic ring is 1. The van der Waals surface area contributed by atoms with Crippen LogP contribution in [0.25, 0.3) is 16.8 Å². The van der Waals surface area contributed by atoms with Gasteiger partial charge in [-0.2, -0.15) is 5.10 Å². The van der Waals surface area contributed by atoms with Crippen LogP contribution in [0.3, 0.4) is 0 Å². The summed E-state index contributed by atoms with van der Waals surface area (Å²) in [5, 5.41) is 4.47. The normalized spacial score (nSPS) is 11.3. The minimum Gasteiger partial charge on any atom is -0.408 e. The number of nitrogens with zero attached hydrogens (tertiary/aromatic N) is 2. The molecule has 0 fully saturated rings. The predicted octanol–water partition coefficient (Wildman–Crippen LogP) is 1.81. The number of nitrogens with one attached hydrogen (secondary N) is 1. The maximum absolute atomic E-state index is 11.2. The molecule has 0 radical (unpaired) electrons. The third-order valence-electron chi connectivity index (χ3n) is 3.45. The fourth-order valence-electron chi connectivity index (χ4n) is 2.14. The number of H-pyrrole nitrogens is 1. The molecule has 6 heteroatoms. The van der Waals surface area contributed by atoms with E-state index in [2.05, 4.69) is 10.1 Å². The van der Waals surface area contributed by atoms with Crippen LogP contribution in [0.4, 0.5) is 5.69 Å². The first kappa shape index (κ1) is 11.6. The van der Waals surface area contributed by atoms with Gasteiger partial charge < -0.3 is 10.2 Å². The molecule has 0 saturated heterocycles. The van der Waals surface area contributed by atoms with E-state index in [0.717, 1.165) is 22.6 Å². The van der Waals surface area contributed by atoms with Crippen LogP contribution in [0.5, 0.6) is 0 Å². The van der Waals surface area contributed by atoms with E-state index >= 15 is 0 Å². The van der Waals surface area contributed by atoms with E-state index in [4.69, 9.17) is 10.2 Å². The summed E-state index contributed by atoms with van der Waals surface area (Å²) in [4.78, 5) is 13.8. The largest absolute Gasteiger partial charge is 0.417 e. The van der Waals surface area contributed by atoms with Crippen LogP contribution in [-0.2, 0) is 0 Å². The number of aryl methyl sites for hydroxylation is 1. The number of rotatable bonds is 1. The van der Waals surface area contributed by atoms with Crippen LogP contribution in [0, 0.1) is 20.8 Å². The lowest BCUT2D eigenvalue weighted by atomic mass is 10.2. The van der Waals surface area contributed by atoms with E-state index in [1.807, 2.05) is 20.8 Å². The minimum absolute atomic E-state index is 0.449. The average molecular weight is 258 g/mol. The molecule has 98 valence electrons. The molecule has 0 aliphatic heterocycles. The monoisotopic (exact) mass is 258 g/mol. The highest BCUT2D eigenvalue weighted by atomic mass is 16.4. The summed E-state index contributed by atoms with van der Waals surface area (Å²) in [6, 6.07) is 3.41. The number of fused-ring (bicyclic) bond motifs is 1. The van der Waals surface area contributed by atoms with Crippen LogP contribution in [0.15, 0.2) is 21.3 Å². The second kappa shape index (κ2) is 3.74. The number of aromatic nitrogens is 3. The third kappa shape index (κ3) is 1.64. The lowest BCUT2D eigenvalue weighted by Crippen LogP contribution is -2.03. The fourth-order valence-corrected chi connectivity index (χ4v) is 2.14. The SMILES string of the molecule is Cc1nn(-c2cc3[nH]c(=O)oc3cc2N)c(C)c1C. The molecule has 2 heterocycles. The molecule has 3 aromatic rings. The van der Waals surface area contributed by atoms with Gasteiger partial charge in [-0.15, -0.1) is 0 Å². The van der Waals surface area contributed by atoms with E-state index in [1.165, 1.54) is 0 Å². The lowest BCUT2D eigenvalue weighted by molar-refractivity contribution is 0.555. The molecule has 0 spiro atoms. The van der Waals surface area contributed by atoms with Crippen LogP contribution in [-0.4, -0.2) is 14.8 Å². The molecule has 2 aromatic heterocycles. The molecular formula is C13H14N4O2. The van der Waals surface area contributed by atoms with Gasteiger partial charge in [0.25, 0.3) is 0 Å². The molecule has 0 amide bonds. The molecule has 0 unspecified atom stereocenters. The van der Waals surface area contributed by atoms with Crippen molar-refractivity contribution < 1.29 is 4.42 Å². The molecule has 19 heavy (non-hydrogen) atoms. The number of hydrogen-bond acceptors (Lipinski definition) is 4. The Bertz CT molecular complexity index is 838. The Morgan fingerprint density at radius 2 is 2.05 bits per heavy atom. The summed E-state index contributed by atoms with van der Waals surface area (Å²) in [6.45, 7) is 5.95. The summed E-state index contributed by atoms with van der Waals surface area (Å²) in [5.74, 6) is -0.490. The van der Waals surface area contributed by atoms with Gasteiger partial charge >= 0.3 is 5.76 Å². The second-order valence-corrected chi connectivity index (χ2v) is 4.63. The summed E-state index contributed by atoms with van der Waals surface area (Å²) >= 11 is 0. The van der Waals surface area contributed by atoms with Gasteiger partial charge in [-0.1, -0.05) is 0 Å². The van der Waals surface area contributed by atoms with Gasteiger partial charge in [0.1, 0.15) is 0 Å². The van der Waals surface area contributed by atoms with Crippen molar-refractivity contribution in [1.82, 2.24) is 14.8 Å². The number of oxazole rings is 1. The predicted molar refractivity (Wildman–Crippen MR) is 72.6 cm³/mol. The highest BCUT2D eigenvalue weighted by molar-refractivity contribution is 5.81. The Labute approximate surface area is 108 Å². The van der Waals surface area contributed by atoms with Crippen molar-refractivity contribution in [3.05, 3.63) is 39.6 Å². The Kier molecular flexibility index (Phi) is 2.28. The topological polar surface area (TPSA) is 89.8 Å². The second-order valence-electron chi connectivity index (χ2n) is 4.63. The van der Waals surface area contributed by atoms with E-state index in [-0.39, 0.29) is 0 Å². The average Bonchev–Trinajstić information content (AvgIpc) is 2.82. The maximum atomic E-state index is 11.2. The van der Waals surface area contributed by atoms with E-state index in [1.54, 1.807) is 16.8 Å². The van der Waals surface area contributed by atoms with E-state index < -0.39 is 5.76 Å². The standard InChI is InChI=1S/C13H14N4O2/c1-6-7(2)16-17(8(6)3)11-5-10-12(4-9(11)14)19-13(18)15-10/h4-5H,14H2,1-3H3,(H,15,18). The van der Waals surface area contributed by atoms with Gasteiger partial charge in [0.15, 0.2) is 5.58 Å². The van der Waals surface area contributed by atoms with E-state index in [9.17, 15) is 4.79 Å². The quantitative estimate of drug-likeness (QED) is 0.651. The Morgan fingerprint density at radius 1 is 1.32 bits per heavy atom. The van der Waals surface area contributed by atoms with Crippen LogP contribution < -0.4 is 11.5 Å². The first-order valence-corrected chi connectivity index (χ1v) is 5.93. The molecular weight excluding hydrogens is 244 g/mol. The van der Waals surface area contributed by atoms with Crippen LogP contribution >= 0.6 is 0 Å². The summed E-state index contributed by atoms with van der Waals surface area (Å²) in [6.07, 6.45) is 0. The van der Waals surface area contributed by atoms with Crippen molar-refractivity contribution in [3.8, 4) is 5.69 Å². The van der Waals surface area contributed by atoms with Crippen molar-refractivity contribution in [1.29, 1.82) is 0 Å². The summed E-state index contributed by atoms with van der Waals surface area (Å²) in [5.41, 5.74) is 11.4. The molecule has 0 aliphatic rings. The zero-order chi connectivity index (χ0) is 13.7. The van der Waals surface area contributed by atoms with Crippen LogP contribution in [0.2, 0.25) is 0 Å². The summed E-state index contributed by atoms with van der Waals surface area (Å²) in [7, 11) is 0. The molecule has 6 nitrogen and oxygen atoms in total. The molecule has 0 aliphatic carbocycles. The third-order valence-corrected chi connectivity index (χ3v) is 3.45. The van der Waals surface area contributed by atoms with Gasteiger partial charge in [-0.3, -0.25) is 4.98 Å². The first-order chi connectivity index (χ1) is 8.97. The highest BCUT2D eigenvalue weighted by Crippen LogP contribution is 2.25. The first-order valence-electron chi connectivity index (χ1n) is 5.93. The number of hydrogen-bond donors (Lipinski definition) is 2. The Morgan fingerprint density at radius 3 is 2.68 bits per heavy atom. The zero-order valence-electron chi connectivity index (χ0n) is 10.9. The number of anilines is 1.